The molecule has 1 aromatic heterocycles. The fraction of sp³-hybridized carbons (Fsp3) is 0.444. The molecule has 1 fully saturated rings. The van der Waals surface area contributed by atoms with Crippen molar-refractivity contribution in [2.75, 3.05) is 26.3 Å². The molecule has 0 bridgehead atoms. The third-order valence-corrected chi connectivity index (χ3v) is 5.06. The van der Waals surface area contributed by atoms with Crippen molar-refractivity contribution in [3.8, 4) is 0 Å². The predicted molar refractivity (Wildman–Crippen MR) is 63.1 cm³/mol. The van der Waals surface area contributed by atoms with Crippen LogP contribution >= 0.6 is 11.3 Å². The molecule has 1 aliphatic heterocycles. The number of carbonyl (C=O) groups is 1. The summed E-state index contributed by atoms with van der Waals surface area (Å²) in [6.07, 6.45) is 0. The minimum Gasteiger partial charge on any atom is -0.378 e. The maximum atomic E-state index is 12.0. The van der Waals surface area contributed by atoms with Gasteiger partial charge in [0, 0.05) is 18.5 Å². The molecular formula is C9H12N2O5S2. The Bertz CT molecular complexity index is 533. The second-order valence-electron chi connectivity index (χ2n) is 3.65. The fourth-order valence-electron chi connectivity index (χ4n) is 1.56. The number of hydrogen-bond acceptors (Lipinski definition) is 6. The van der Waals surface area contributed by atoms with Gasteiger partial charge >= 0.3 is 0 Å². The molecule has 9 heteroatoms. The van der Waals surface area contributed by atoms with Gasteiger partial charge in [-0.2, -0.15) is 0 Å². The van der Waals surface area contributed by atoms with Crippen LogP contribution in [0.15, 0.2) is 15.7 Å². The summed E-state index contributed by atoms with van der Waals surface area (Å²) in [5.41, 5.74) is 0.302. The van der Waals surface area contributed by atoms with Crippen molar-refractivity contribution in [1.29, 1.82) is 0 Å². The quantitative estimate of drug-likeness (QED) is 0.758. The van der Waals surface area contributed by atoms with Gasteiger partial charge in [-0.25, -0.2) is 8.42 Å². The Kier molecular flexibility index (Phi) is 3.97. The molecule has 0 atom stereocenters. The van der Waals surface area contributed by atoms with Crippen LogP contribution < -0.4 is 4.89 Å². The number of sulfonamides is 1. The number of morpholine rings is 1. The lowest BCUT2D eigenvalue weighted by Crippen LogP contribution is -2.40. The second kappa shape index (κ2) is 5.33. The molecule has 1 aliphatic rings. The van der Waals surface area contributed by atoms with E-state index in [4.69, 9.17) is 9.94 Å². The molecule has 7 nitrogen and oxygen atoms in total. The van der Waals surface area contributed by atoms with Crippen LogP contribution in [0.5, 0.6) is 0 Å². The molecule has 18 heavy (non-hydrogen) atoms. The summed E-state index contributed by atoms with van der Waals surface area (Å²) in [4.78, 5) is 14.9. The molecule has 0 saturated carbocycles. The van der Waals surface area contributed by atoms with Crippen LogP contribution in [0, 0.1) is 0 Å². The van der Waals surface area contributed by atoms with Crippen molar-refractivity contribution >= 4 is 27.3 Å². The summed E-state index contributed by atoms with van der Waals surface area (Å²) in [5, 5.41) is 9.96. The predicted octanol–water partition coefficient (Wildman–Crippen LogP) is -0.112. The highest BCUT2D eigenvalue weighted by atomic mass is 32.2. The summed E-state index contributed by atoms with van der Waals surface area (Å²) in [6.45, 7) is 1.96. The highest BCUT2D eigenvalue weighted by molar-refractivity contribution is 7.91. The van der Waals surface area contributed by atoms with Gasteiger partial charge in [-0.1, -0.05) is 4.89 Å². The number of hydrogen-bond donors (Lipinski definition) is 2. The first-order valence-electron chi connectivity index (χ1n) is 5.16. The van der Waals surface area contributed by atoms with E-state index in [-0.39, 0.29) is 10.1 Å². The van der Waals surface area contributed by atoms with Gasteiger partial charge in [0.1, 0.15) is 4.21 Å². The number of thiophene rings is 1. The summed E-state index contributed by atoms with van der Waals surface area (Å²) in [6, 6.07) is 1.25. The van der Waals surface area contributed by atoms with Gasteiger partial charge in [0.25, 0.3) is 15.9 Å². The van der Waals surface area contributed by atoms with Gasteiger partial charge in [-0.3, -0.25) is 4.79 Å². The van der Waals surface area contributed by atoms with E-state index in [0.29, 0.717) is 31.9 Å². The zero-order valence-electron chi connectivity index (χ0n) is 9.33. The first-order chi connectivity index (χ1) is 8.54. The molecule has 0 radical (unpaired) electrons. The molecule has 2 N–H and O–H groups in total. The first-order valence-corrected chi connectivity index (χ1v) is 7.52. The molecule has 2 heterocycles. The highest BCUT2D eigenvalue weighted by Crippen LogP contribution is 2.21. The molecule has 1 saturated heterocycles. The van der Waals surface area contributed by atoms with Crippen LogP contribution in [-0.2, 0) is 14.8 Å². The van der Waals surface area contributed by atoms with Crippen LogP contribution in [0.3, 0.4) is 0 Å². The van der Waals surface area contributed by atoms with Gasteiger partial charge in [0.2, 0.25) is 0 Å². The van der Waals surface area contributed by atoms with Gasteiger partial charge in [0.05, 0.1) is 18.8 Å². The Balaban J connectivity index is 2.17. The van der Waals surface area contributed by atoms with E-state index >= 15 is 0 Å². The summed E-state index contributed by atoms with van der Waals surface area (Å²) >= 11 is 0.884. The lowest BCUT2D eigenvalue weighted by Gasteiger charge is -2.26. The largest absolute Gasteiger partial charge is 0.378 e. The van der Waals surface area contributed by atoms with E-state index in [0.717, 1.165) is 11.3 Å². The number of rotatable bonds is 3. The monoisotopic (exact) mass is 292 g/mol. The van der Waals surface area contributed by atoms with E-state index in [1.54, 1.807) is 4.90 Å². The Morgan fingerprint density at radius 2 is 2.11 bits per heavy atom. The minimum absolute atomic E-state index is 0.0957. The number of carbonyl (C=O) groups excluding carboxylic acids is 1. The zero-order valence-corrected chi connectivity index (χ0v) is 11.0. The maximum Gasteiger partial charge on any atom is 0.271 e. The molecule has 0 spiro atoms. The Hall–Kier alpha value is -1.00. The molecule has 100 valence electrons. The topological polar surface area (TPSA) is 95.9 Å². The number of nitrogens with zero attached hydrogens (tertiary/aromatic N) is 1. The Morgan fingerprint density at radius 1 is 1.44 bits per heavy atom. The molecular weight excluding hydrogens is 280 g/mol. The van der Waals surface area contributed by atoms with Gasteiger partial charge in [0.15, 0.2) is 0 Å². The summed E-state index contributed by atoms with van der Waals surface area (Å²) in [7, 11) is -3.91. The lowest BCUT2D eigenvalue weighted by atomic mass is 10.3. The van der Waals surface area contributed by atoms with Gasteiger partial charge < -0.3 is 14.8 Å². The van der Waals surface area contributed by atoms with Crippen LogP contribution in [-0.4, -0.2) is 50.7 Å². The third kappa shape index (κ3) is 2.70. The van der Waals surface area contributed by atoms with Crippen LogP contribution in [0.2, 0.25) is 0 Å². The molecule has 0 aromatic carbocycles. The fourth-order valence-corrected chi connectivity index (χ4v) is 3.31. The van der Waals surface area contributed by atoms with E-state index in [1.165, 1.54) is 16.3 Å². The summed E-state index contributed by atoms with van der Waals surface area (Å²) < 4.78 is 27.7. The maximum absolute atomic E-state index is 12.0. The number of ether oxygens (including phenoxy) is 1. The van der Waals surface area contributed by atoms with E-state index in [1.807, 2.05) is 0 Å². The molecule has 1 aromatic rings. The Labute approximate surface area is 108 Å². The lowest BCUT2D eigenvalue weighted by molar-refractivity contribution is 0.0303. The van der Waals surface area contributed by atoms with Crippen LogP contribution in [0.25, 0.3) is 0 Å². The average Bonchev–Trinajstić information content (AvgIpc) is 2.89. The molecule has 0 unspecified atom stereocenters. The van der Waals surface area contributed by atoms with Crippen molar-refractivity contribution in [1.82, 2.24) is 9.79 Å². The highest BCUT2D eigenvalue weighted by Gasteiger charge is 2.22. The van der Waals surface area contributed by atoms with Crippen LogP contribution in [0.1, 0.15) is 10.4 Å². The van der Waals surface area contributed by atoms with E-state index < -0.39 is 10.0 Å². The van der Waals surface area contributed by atoms with Crippen molar-refractivity contribution in [3.63, 3.8) is 0 Å². The van der Waals surface area contributed by atoms with Crippen molar-refractivity contribution in [2.45, 2.75) is 4.21 Å². The standard InChI is InChI=1S/C9H12N2O5S2/c12-9(11-1-3-16-4-2-11)7-5-8(17-6-7)18(14,15)10-13/h5-6,10,13H,1-4H2. The van der Waals surface area contributed by atoms with E-state index in [2.05, 4.69) is 0 Å². The average molecular weight is 292 g/mol. The van der Waals surface area contributed by atoms with Crippen molar-refractivity contribution in [3.05, 3.63) is 17.0 Å². The minimum atomic E-state index is -3.91. The van der Waals surface area contributed by atoms with Crippen molar-refractivity contribution < 1.29 is 23.2 Å². The third-order valence-electron chi connectivity index (χ3n) is 2.51. The van der Waals surface area contributed by atoms with Gasteiger partial charge in [-0.15, -0.1) is 11.3 Å². The number of nitrogens with one attached hydrogen (secondary N) is 1. The van der Waals surface area contributed by atoms with Crippen LogP contribution in [0.4, 0.5) is 0 Å². The normalized spacial score (nSPS) is 16.8. The second-order valence-corrected chi connectivity index (χ2v) is 6.45. The zero-order chi connectivity index (χ0) is 13.2. The van der Waals surface area contributed by atoms with Gasteiger partial charge in [-0.05, 0) is 6.07 Å². The first kappa shape index (κ1) is 13.4. The molecule has 0 aliphatic carbocycles. The number of amides is 1. The van der Waals surface area contributed by atoms with Crippen molar-refractivity contribution in [2.24, 2.45) is 0 Å². The molecule has 1 amide bonds. The van der Waals surface area contributed by atoms with E-state index in [9.17, 15) is 13.2 Å². The SMILES string of the molecule is O=C(c1csc(S(=O)(=O)NO)c1)N1CCOCC1. The smallest absolute Gasteiger partial charge is 0.271 e. The Morgan fingerprint density at radius 3 is 2.72 bits per heavy atom. The summed E-state index contributed by atoms with van der Waals surface area (Å²) in [5.74, 6) is -0.228. The molecule has 2 rings (SSSR count).